The summed E-state index contributed by atoms with van der Waals surface area (Å²) in [6.45, 7) is 3.36. The fourth-order valence-corrected chi connectivity index (χ4v) is 2.04. The van der Waals surface area contributed by atoms with E-state index in [4.69, 9.17) is 4.74 Å². The van der Waals surface area contributed by atoms with Crippen molar-refractivity contribution in [3.63, 3.8) is 0 Å². The highest BCUT2D eigenvalue weighted by atomic mass is 16.5. The molecule has 0 spiro atoms. The number of pyridine rings is 1. The molecule has 0 radical (unpaired) electrons. The Morgan fingerprint density at radius 3 is 2.94 bits per heavy atom. The molecule has 5 heteroatoms. The Bertz CT molecular complexity index is 537. The lowest BCUT2D eigenvalue weighted by Gasteiger charge is -2.25. The standard InChI is InChI=1S/C12H15N4O/c1-15-5-4-13-10-2-3-11(14-12(10)15)16-6-8-17-9-7-16/h2-5H,6-9H2,1H3/q+1. The zero-order valence-corrected chi connectivity index (χ0v) is 9.83. The predicted molar refractivity (Wildman–Crippen MR) is 63.7 cm³/mol. The molecule has 5 nitrogen and oxygen atoms in total. The topological polar surface area (TPSA) is 42.1 Å². The third kappa shape index (κ3) is 1.93. The van der Waals surface area contributed by atoms with Gasteiger partial charge in [-0.1, -0.05) is 0 Å². The third-order valence-corrected chi connectivity index (χ3v) is 3.01. The van der Waals surface area contributed by atoms with Crippen LogP contribution in [0.15, 0.2) is 24.5 Å². The highest BCUT2D eigenvalue weighted by Crippen LogP contribution is 2.15. The molecule has 3 rings (SSSR count). The molecule has 0 aliphatic carbocycles. The second-order valence-corrected chi connectivity index (χ2v) is 4.15. The van der Waals surface area contributed by atoms with Gasteiger partial charge in [0.1, 0.15) is 6.20 Å². The summed E-state index contributed by atoms with van der Waals surface area (Å²) in [5, 5.41) is 0. The van der Waals surface area contributed by atoms with E-state index in [1.807, 2.05) is 29.9 Å². The van der Waals surface area contributed by atoms with Gasteiger partial charge in [-0.15, -0.1) is 0 Å². The van der Waals surface area contributed by atoms with Gasteiger partial charge in [-0.3, -0.25) is 0 Å². The van der Waals surface area contributed by atoms with E-state index < -0.39 is 0 Å². The summed E-state index contributed by atoms with van der Waals surface area (Å²) in [5.41, 5.74) is 1.84. The summed E-state index contributed by atoms with van der Waals surface area (Å²) in [6, 6.07) is 4.05. The maximum atomic E-state index is 5.35. The van der Waals surface area contributed by atoms with Crippen LogP contribution in [-0.2, 0) is 11.8 Å². The quantitative estimate of drug-likeness (QED) is 0.662. The van der Waals surface area contributed by atoms with Crippen LogP contribution in [-0.4, -0.2) is 36.3 Å². The van der Waals surface area contributed by atoms with Crippen LogP contribution in [0, 0.1) is 0 Å². The fourth-order valence-electron chi connectivity index (χ4n) is 2.04. The highest BCUT2D eigenvalue weighted by Gasteiger charge is 2.18. The minimum Gasteiger partial charge on any atom is -0.378 e. The van der Waals surface area contributed by atoms with E-state index >= 15 is 0 Å². The molecule has 1 fully saturated rings. The summed E-state index contributed by atoms with van der Waals surface area (Å²) < 4.78 is 7.34. The molecule has 17 heavy (non-hydrogen) atoms. The lowest BCUT2D eigenvalue weighted by atomic mass is 10.3. The molecule has 0 unspecified atom stereocenters. The zero-order valence-electron chi connectivity index (χ0n) is 9.83. The Labute approximate surface area is 99.7 Å². The molecule has 2 aromatic heterocycles. The van der Waals surface area contributed by atoms with Gasteiger partial charge in [-0.25, -0.2) is 9.55 Å². The zero-order chi connectivity index (χ0) is 11.7. The van der Waals surface area contributed by atoms with Gasteiger partial charge in [0, 0.05) is 19.2 Å². The van der Waals surface area contributed by atoms with Gasteiger partial charge in [0.25, 0.3) is 0 Å². The largest absolute Gasteiger partial charge is 0.378 e. The molecule has 0 N–H and O–H groups in total. The molecule has 0 aromatic carbocycles. The third-order valence-electron chi connectivity index (χ3n) is 3.01. The number of hydrogen-bond acceptors (Lipinski definition) is 4. The maximum Gasteiger partial charge on any atom is 0.351 e. The predicted octanol–water partition coefficient (Wildman–Crippen LogP) is 0.291. The molecule has 0 atom stereocenters. The van der Waals surface area contributed by atoms with Crippen molar-refractivity contribution >= 4 is 17.0 Å². The molecular formula is C12H15N4O+. The monoisotopic (exact) mass is 231 g/mol. The molecule has 3 heterocycles. The molecule has 88 valence electrons. The highest BCUT2D eigenvalue weighted by molar-refractivity contribution is 5.68. The van der Waals surface area contributed by atoms with E-state index in [-0.39, 0.29) is 0 Å². The van der Waals surface area contributed by atoms with Gasteiger partial charge >= 0.3 is 5.65 Å². The molecule has 1 aliphatic rings. The molecule has 1 aliphatic heterocycles. The SMILES string of the molecule is C[n+]1ccnc2ccc(N3CCOCC3)nc21. The Balaban J connectivity index is 2.03. The van der Waals surface area contributed by atoms with Crippen LogP contribution in [0.2, 0.25) is 0 Å². The first kappa shape index (κ1) is 10.4. The van der Waals surface area contributed by atoms with Gasteiger partial charge in [0.05, 0.1) is 26.5 Å². The van der Waals surface area contributed by atoms with Crippen molar-refractivity contribution in [2.75, 3.05) is 31.2 Å². The van der Waals surface area contributed by atoms with E-state index in [2.05, 4.69) is 14.9 Å². The Morgan fingerprint density at radius 1 is 1.29 bits per heavy atom. The molecule has 0 saturated carbocycles. The lowest BCUT2D eigenvalue weighted by Crippen LogP contribution is -2.37. The molecule has 0 amide bonds. The summed E-state index contributed by atoms with van der Waals surface area (Å²) in [4.78, 5) is 11.2. The fraction of sp³-hybridized carbons (Fsp3) is 0.417. The number of nitrogens with zero attached hydrogens (tertiary/aromatic N) is 4. The number of hydrogen-bond donors (Lipinski definition) is 0. The molecule has 1 saturated heterocycles. The van der Waals surface area contributed by atoms with Crippen molar-refractivity contribution in [2.24, 2.45) is 7.05 Å². The number of aryl methyl sites for hydroxylation is 1. The van der Waals surface area contributed by atoms with Crippen molar-refractivity contribution in [1.82, 2.24) is 9.97 Å². The Morgan fingerprint density at radius 2 is 2.12 bits per heavy atom. The van der Waals surface area contributed by atoms with Crippen LogP contribution in [0.1, 0.15) is 0 Å². The normalized spacial score (nSPS) is 16.4. The van der Waals surface area contributed by atoms with Crippen molar-refractivity contribution in [3.8, 4) is 0 Å². The summed E-state index contributed by atoms with van der Waals surface area (Å²) in [6.07, 6.45) is 3.71. The first-order chi connectivity index (χ1) is 8.34. The second kappa shape index (κ2) is 4.25. The van der Waals surface area contributed by atoms with E-state index in [0.717, 1.165) is 43.3 Å². The van der Waals surface area contributed by atoms with Crippen molar-refractivity contribution in [2.45, 2.75) is 0 Å². The van der Waals surface area contributed by atoms with Crippen molar-refractivity contribution < 1.29 is 9.30 Å². The van der Waals surface area contributed by atoms with Gasteiger partial charge < -0.3 is 9.64 Å². The smallest absolute Gasteiger partial charge is 0.351 e. The van der Waals surface area contributed by atoms with Gasteiger partial charge in [-0.05, 0) is 11.1 Å². The number of fused-ring (bicyclic) bond motifs is 1. The van der Waals surface area contributed by atoms with Crippen LogP contribution in [0.4, 0.5) is 5.82 Å². The second-order valence-electron chi connectivity index (χ2n) is 4.15. The van der Waals surface area contributed by atoms with Crippen LogP contribution >= 0.6 is 0 Å². The lowest BCUT2D eigenvalue weighted by molar-refractivity contribution is -0.647. The number of rotatable bonds is 1. The van der Waals surface area contributed by atoms with Gasteiger partial charge in [0.2, 0.25) is 5.82 Å². The van der Waals surface area contributed by atoms with E-state index in [1.165, 1.54) is 0 Å². The summed E-state index contributed by atoms with van der Waals surface area (Å²) in [7, 11) is 1.99. The van der Waals surface area contributed by atoms with Crippen molar-refractivity contribution in [1.29, 1.82) is 0 Å². The number of morpholine rings is 1. The first-order valence-corrected chi connectivity index (χ1v) is 5.79. The van der Waals surface area contributed by atoms with E-state index in [0.29, 0.717) is 0 Å². The molecule has 2 aromatic rings. The minimum atomic E-state index is 0.777. The Hall–Kier alpha value is -1.75. The van der Waals surface area contributed by atoms with Crippen LogP contribution in [0.25, 0.3) is 11.2 Å². The average molecular weight is 231 g/mol. The van der Waals surface area contributed by atoms with Gasteiger partial charge in [0.15, 0.2) is 5.52 Å². The Kier molecular flexibility index (Phi) is 2.60. The van der Waals surface area contributed by atoms with Gasteiger partial charge in [-0.2, -0.15) is 0 Å². The number of aromatic nitrogens is 3. The van der Waals surface area contributed by atoms with Crippen LogP contribution in [0.5, 0.6) is 0 Å². The first-order valence-electron chi connectivity index (χ1n) is 5.79. The average Bonchev–Trinajstić information content (AvgIpc) is 2.40. The molecule has 0 bridgehead atoms. The summed E-state index contributed by atoms with van der Waals surface area (Å²) in [5.74, 6) is 1.00. The summed E-state index contributed by atoms with van der Waals surface area (Å²) >= 11 is 0. The minimum absolute atomic E-state index is 0.777. The van der Waals surface area contributed by atoms with Crippen molar-refractivity contribution in [3.05, 3.63) is 24.5 Å². The number of ether oxygens (including phenoxy) is 1. The number of anilines is 1. The maximum absolute atomic E-state index is 5.35. The van der Waals surface area contributed by atoms with E-state index in [1.54, 1.807) is 6.20 Å². The molecular weight excluding hydrogens is 216 g/mol. The van der Waals surface area contributed by atoms with E-state index in [9.17, 15) is 0 Å². The van der Waals surface area contributed by atoms with Crippen LogP contribution < -0.4 is 9.47 Å². The van der Waals surface area contributed by atoms with Crippen LogP contribution in [0.3, 0.4) is 0 Å².